The Morgan fingerprint density at radius 2 is 2.05 bits per heavy atom. The van der Waals surface area contributed by atoms with Gasteiger partial charge in [-0.15, -0.1) is 0 Å². The van der Waals surface area contributed by atoms with E-state index >= 15 is 0 Å². The average Bonchev–Trinajstić information content (AvgIpc) is 2.37. The standard InChI is InChI=1S/C13H20N2O4S/c1-9(2)6-7-15-20(17,18)12-8-10(14)4-5-11(12)13(16)19-3/h4-5,8-9,15H,6-7,14H2,1-3H3. The minimum absolute atomic E-state index is 0.0289. The van der Waals surface area contributed by atoms with Crippen LogP contribution in [0.5, 0.6) is 0 Å². The van der Waals surface area contributed by atoms with Gasteiger partial charge >= 0.3 is 5.97 Å². The van der Waals surface area contributed by atoms with Gasteiger partial charge in [0.25, 0.3) is 0 Å². The molecule has 0 saturated heterocycles. The summed E-state index contributed by atoms with van der Waals surface area (Å²) in [6.45, 7) is 4.29. The lowest BCUT2D eigenvalue weighted by Crippen LogP contribution is -2.27. The SMILES string of the molecule is COC(=O)c1ccc(N)cc1S(=O)(=O)NCCC(C)C. The molecule has 0 amide bonds. The lowest BCUT2D eigenvalue weighted by atomic mass is 10.1. The van der Waals surface area contributed by atoms with Crippen molar-refractivity contribution >= 4 is 21.7 Å². The van der Waals surface area contributed by atoms with Gasteiger partial charge in [0.1, 0.15) is 0 Å². The number of esters is 1. The average molecular weight is 300 g/mol. The maximum atomic E-state index is 12.2. The van der Waals surface area contributed by atoms with Crippen LogP contribution in [0.15, 0.2) is 23.1 Å². The van der Waals surface area contributed by atoms with Gasteiger partial charge in [0.15, 0.2) is 0 Å². The molecule has 0 heterocycles. The van der Waals surface area contributed by atoms with Gasteiger partial charge in [0.05, 0.1) is 17.6 Å². The fourth-order valence-corrected chi connectivity index (χ4v) is 2.87. The highest BCUT2D eigenvalue weighted by atomic mass is 32.2. The smallest absolute Gasteiger partial charge is 0.339 e. The van der Waals surface area contributed by atoms with Crippen LogP contribution in [0.1, 0.15) is 30.6 Å². The largest absolute Gasteiger partial charge is 0.465 e. The number of hydrogen-bond donors (Lipinski definition) is 2. The van der Waals surface area contributed by atoms with Crippen LogP contribution in [0.25, 0.3) is 0 Å². The van der Waals surface area contributed by atoms with Gasteiger partial charge in [0.2, 0.25) is 10.0 Å². The normalized spacial score (nSPS) is 11.6. The molecule has 3 N–H and O–H groups in total. The van der Waals surface area contributed by atoms with Crippen LogP contribution in [-0.2, 0) is 14.8 Å². The van der Waals surface area contributed by atoms with Gasteiger partial charge < -0.3 is 10.5 Å². The number of sulfonamides is 1. The molecule has 0 radical (unpaired) electrons. The zero-order valence-electron chi connectivity index (χ0n) is 11.8. The first-order chi connectivity index (χ1) is 9.27. The van der Waals surface area contributed by atoms with Gasteiger partial charge in [-0.3, -0.25) is 0 Å². The van der Waals surface area contributed by atoms with Crippen LogP contribution in [0.4, 0.5) is 5.69 Å². The molecule has 6 nitrogen and oxygen atoms in total. The molecule has 1 aromatic carbocycles. The second-order valence-electron chi connectivity index (χ2n) is 4.83. The third-order valence-corrected chi connectivity index (χ3v) is 4.22. The molecular formula is C13H20N2O4S. The molecule has 0 fully saturated rings. The highest BCUT2D eigenvalue weighted by molar-refractivity contribution is 7.89. The Morgan fingerprint density at radius 3 is 2.60 bits per heavy atom. The molecule has 0 aliphatic heterocycles. The van der Waals surface area contributed by atoms with E-state index in [4.69, 9.17) is 5.73 Å². The van der Waals surface area contributed by atoms with Crippen molar-refractivity contribution in [2.45, 2.75) is 25.2 Å². The number of hydrogen-bond acceptors (Lipinski definition) is 5. The van der Waals surface area contributed by atoms with Crippen molar-refractivity contribution in [3.8, 4) is 0 Å². The van der Waals surface area contributed by atoms with E-state index in [1.54, 1.807) is 0 Å². The molecule has 0 aliphatic rings. The number of nitrogens with one attached hydrogen (secondary N) is 1. The van der Waals surface area contributed by atoms with E-state index in [9.17, 15) is 13.2 Å². The van der Waals surface area contributed by atoms with E-state index < -0.39 is 16.0 Å². The monoisotopic (exact) mass is 300 g/mol. The third-order valence-electron chi connectivity index (χ3n) is 2.71. The van der Waals surface area contributed by atoms with Crippen molar-refractivity contribution < 1.29 is 17.9 Å². The number of nitrogens with two attached hydrogens (primary N) is 1. The molecule has 1 aromatic rings. The predicted molar refractivity (Wildman–Crippen MR) is 76.8 cm³/mol. The van der Waals surface area contributed by atoms with Crippen molar-refractivity contribution in [2.75, 3.05) is 19.4 Å². The number of ether oxygens (including phenoxy) is 1. The predicted octanol–water partition coefficient (Wildman–Crippen LogP) is 1.38. The van der Waals surface area contributed by atoms with E-state index in [0.29, 0.717) is 18.9 Å². The first kappa shape index (κ1) is 16.5. The summed E-state index contributed by atoms with van der Waals surface area (Å²) < 4.78 is 31.5. The summed E-state index contributed by atoms with van der Waals surface area (Å²) in [5.74, 6) is -0.340. The van der Waals surface area contributed by atoms with Crippen LogP contribution in [-0.4, -0.2) is 28.0 Å². The van der Waals surface area contributed by atoms with Gasteiger partial charge in [-0.25, -0.2) is 17.9 Å². The Bertz CT molecular complexity index is 582. The Morgan fingerprint density at radius 1 is 1.40 bits per heavy atom. The quantitative estimate of drug-likeness (QED) is 0.611. The Kier molecular flexibility index (Phi) is 5.52. The molecule has 0 spiro atoms. The minimum atomic E-state index is -3.80. The van der Waals surface area contributed by atoms with E-state index in [2.05, 4.69) is 9.46 Å². The van der Waals surface area contributed by atoms with E-state index in [1.807, 2.05) is 13.8 Å². The molecule has 20 heavy (non-hydrogen) atoms. The van der Waals surface area contributed by atoms with Gasteiger partial charge in [-0.05, 0) is 30.5 Å². The number of anilines is 1. The number of benzene rings is 1. The molecule has 7 heteroatoms. The maximum Gasteiger partial charge on any atom is 0.339 e. The first-order valence-electron chi connectivity index (χ1n) is 6.25. The number of rotatable bonds is 6. The van der Waals surface area contributed by atoms with Crippen LogP contribution >= 0.6 is 0 Å². The Labute approximate surface area is 119 Å². The highest BCUT2D eigenvalue weighted by Gasteiger charge is 2.23. The number of carbonyl (C=O) groups is 1. The highest BCUT2D eigenvalue weighted by Crippen LogP contribution is 2.20. The lowest BCUT2D eigenvalue weighted by molar-refractivity contribution is 0.0596. The molecular weight excluding hydrogens is 280 g/mol. The molecule has 0 aliphatic carbocycles. The van der Waals surface area contributed by atoms with Crippen molar-refractivity contribution in [1.82, 2.24) is 4.72 Å². The Hall–Kier alpha value is -1.60. The van der Waals surface area contributed by atoms with Crippen molar-refractivity contribution in [3.05, 3.63) is 23.8 Å². The summed E-state index contributed by atoms with van der Waals surface area (Å²) >= 11 is 0. The summed E-state index contributed by atoms with van der Waals surface area (Å²) in [6, 6.07) is 4.06. The van der Waals surface area contributed by atoms with Gasteiger partial charge in [-0.2, -0.15) is 0 Å². The minimum Gasteiger partial charge on any atom is -0.465 e. The summed E-state index contributed by atoms with van der Waals surface area (Å²) in [6.07, 6.45) is 0.703. The third kappa shape index (κ3) is 4.21. The number of nitrogen functional groups attached to an aromatic ring is 1. The molecule has 112 valence electrons. The van der Waals surface area contributed by atoms with Crippen molar-refractivity contribution in [3.63, 3.8) is 0 Å². The summed E-state index contributed by atoms with van der Waals surface area (Å²) in [5, 5.41) is 0. The van der Waals surface area contributed by atoms with Crippen molar-refractivity contribution in [1.29, 1.82) is 0 Å². The van der Waals surface area contributed by atoms with E-state index in [-0.39, 0.29) is 16.1 Å². The summed E-state index contributed by atoms with van der Waals surface area (Å²) in [7, 11) is -2.60. The van der Waals surface area contributed by atoms with Crippen LogP contribution in [0.2, 0.25) is 0 Å². The second-order valence-corrected chi connectivity index (χ2v) is 6.56. The van der Waals surface area contributed by atoms with Crippen LogP contribution in [0.3, 0.4) is 0 Å². The number of methoxy groups -OCH3 is 1. The maximum absolute atomic E-state index is 12.2. The summed E-state index contributed by atoms with van der Waals surface area (Å²) in [4.78, 5) is 11.5. The molecule has 0 unspecified atom stereocenters. The number of carbonyl (C=O) groups excluding carboxylic acids is 1. The first-order valence-corrected chi connectivity index (χ1v) is 7.73. The fourth-order valence-electron chi connectivity index (χ4n) is 1.60. The lowest BCUT2D eigenvalue weighted by Gasteiger charge is -2.12. The molecule has 0 aromatic heterocycles. The van der Waals surface area contributed by atoms with Gasteiger partial charge in [-0.1, -0.05) is 13.8 Å². The van der Waals surface area contributed by atoms with E-state index in [0.717, 1.165) is 0 Å². The van der Waals surface area contributed by atoms with Crippen LogP contribution < -0.4 is 10.5 Å². The van der Waals surface area contributed by atoms with E-state index in [1.165, 1.54) is 25.3 Å². The van der Waals surface area contributed by atoms with Crippen molar-refractivity contribution in [2.24, 2.45) is 5.92 Å². The molecule has 1 rings (SSSR count). The Balaban J connectivity index is 3.10. The zero-order chi connectivity index (χ0) is 15.3. The molecule has 0 saturated carbocycles. The second kappa shape index (κ2) is 6.71. The molecule has 0 bridgehead atoms. The fraction of sp³-hybridized carbons (Fsp3) is 0.462. The van der Waals surface area contributed by atoms with Gasteiger partial charge in [0, 0.05) is 12.2 Å². The van der Waals surface area contributed by atoms with Crippen LogP contribution in [0, 0.1) is 5.92 Å². The summed E-state index contributed by atoms with van der Waals surface area (Å²) in [5.41, 5.74) is 5.84. The zero-order valence-corrected chi connectivity index (χ0v) is 12.7. The topological polar surface area (TPSA) is 98.5 Å². The molecule has 0 atom stereocenters.